The molecule has 1 unspecified atom stereocenters. The summed E-state index contributed by atoms with van der Waals surface area (Å²) in [5.41, 5.74) is 0.984. The smallest absolute Gasteiger partial charge is 0.0860 e. The molecule has 2 N–H and O–H groups in total. The lowest BCUT2D eigenvalue weighted by atomic mass is 10.2. The molecule has 1 aromatic heterocycles. The minimum atomic E-state index is -0.372. The average Bonchev–Trinajstić information content (AvgIpc) is 2.50. The highest BCUT2D eigenvalue weighted by molar-refractivity contribution is 4.94. The Morgan fingerprint density at radius 2 is 2.20 bits per heavy atom. The van der Waals surface area contributed by atoms with E-state index in [4.69, 9.17) is 0 Å². The Morgan fingerprint density at radius 1 is 1.47 bits per heavy atom. The number of aryl methyl sites for hydroxylation is 1. The van der Waals surface area contributed by atoms with Gasteiger partial charge in [-0.2, -0.15) is 5.10 Å². The molecule has 1 atom stereocenters. The Kier molecular flexibility index (Phi) is 4.78. The first-order valence-electron chi connectivity index (χ1n) is 5.46. The number of aliphatic hydroxyl groups excluding tert-OH is 1. The molecule has 0 spiro atoms. The normalized spacial score (nSPS) is 13.4. The van der Waals surface area contributed by atoms with Crippen molar-refractivity contribution < 1.29 is 5.11 Å². The maximum absolute atomic E-state index is 9.70. The number of hydrogen-bond donors (Lipinski definition) is 2. The topological polar surface area (TPSA) is 50.1 Å². The van der Waals surface area contributed by atoms with Crippen molar-refractivity contribution in [2.24, 2.45) is 5.92 Å². The summed E-state index contributed by atoms with van der Waals surface area (Å²) in [6, 6.07) is 1.94. The first-order valence-corrected chi connectivity index (χ1v) is 5.46. The predicted molar refractivity (Wildman–Crippen MR) is 60.7 cm³/mol. The Morgan fingerprint density at radius 3 is 2.73 bits per heavy atom. The predicted octanol–water partition coefficient (Wildman–Crippen LogP) is 0.798. The fourth-order valence-corrected chi connectivity index (χ4v) is 1.38. The van der Waals surface area contributed by atoms with E-state index in [0.717, 1.165) is 12.2 Å². The summed E-state index contributed by atoms with van der Waals surface area (Å²) in [5.74, 6) is 0.615. The maximum atomic E-state index is 9.70. The molecule has 0 bridgehead atoms. The van der Waals surface area contributed by atoms with Crippen LogP contribution in [0.25, 0.3) is 0 Å². The second-order valence-electron chi connectivity index (χ2n) is 4.39. The van der Waals surface area contributed by atoms with Crippen LogP contribution in [-0.4, -0.2) is 34.1 Å². The molecule has 0 aliphatic heterocycles. The highest BCUT2D eigenvalue weighted by Gasteiger charge is 2.05. The van der Waals surface area contributed by atoms with E-state index < -0.39 is 0 Å². The van der Waals surface area contributed by atoms with Gasteiger partial charge in [-0.25, -0.2) is 0 Å². The number of nitrogens with one attached hydrogen (secondary N) is 1. The monoisotopic (exact) mass is 211 g/mol. The van der Waals surface area contributed by atoms with E-state index in [0.29, 0.717) is 19.0 Å². The lowest BCUT2D eigenvalue weighted by Crippen LogP contribution is -2.32. The zero-order valence-corrected chi connectivity index (χ0v) is 9.77. The lowest BCUT2D eigenvalue weighted by molar-refractivity contribution is 0.146. The van der Waals surface area contributed by atoms with Gasteiger partial charge in [-0.1, -0.05) is 13.8 Å². The van der Waals surface area contributed by atoms with Crippen LogP contribution in [-0.2, 0) is 6.54 Å². The molecule has 4 heteroatoms. The summed E-state index contributed by atoms with van der Waals surface area (Å²) >= 11 is 0. The third-order valence-corrected chi connectivity index (χ3v) is 2.10. The van der Waals surface area contributed by atoms with Crippen molar-refractivity contribution in [2.75, 3.05) is 13.1 Å². The van der Waals surface area contributed by atoms with E-state index in [2.05, 4.69) is 24.3 Å². The van der Waals surface area contributed by atoms with Crippen molar-refractivity contribution in [2.45, 2.75) is 33.4 Å². The number of hydrogen-bond acceptors (Lipinski definition) is 3. The van der Waals surface area contributed by atoms with E-state index in [9.17, 15) is 5.11 Å². The molecule has 4 nitrogen and oxygen atoms in total. The van der Waals surface area contributed by atoms with Crippen LogP contribution in [0.15, 0.2) is 12.3 Å². The van der Waals surface area contributed by atoms with Gasteiger partial charge in [0.2, 0.25) is 0 Å². The Balaban J connectivity index is 2.21. The van der Waals surface area contributed by atoms with Gasteiger partial charge in [-0.05, 0) is 25.5 Å². The van der Waals surface area contributed by atoms with Crippen molar-refractivity contribution in [1.29, 1.82) is 0 Å². The molecule has 1 heterocycles. The Hall–Kier alpha value is -0.870. The molecule has 0 saturated carbocycles. The standard InChI is InChI=1S/C11H21N3O/c1-9(2)6-12-7-11(15)8-14-5-4-10(3)13-14/h4-5,9,11-12,15H,6-8H2,1-3H3. The highest BCUT2D eigenvalue weighted by atomic mass is 16.3. The molecule has 0 fully saturated rings. The van der Waals surface area contributed by atoms with E-state index in [-0.39, 0.29) is 6.10 Å². The SMILES string of the molecule is Cc1ccn(CC(O)CNCC(C)C)n1. The summed E-state index contributed by atoms with van der Waals surface area (Å²) < 4.78 is 1.77. The van der Waals surface area contributed by atoms with Crippen LogP contribution in [0.5, 0.6) is 0 Å². The second kappa shape index (κ2) is 5.88. The number of rotatable bonds is 6. The Labute approximate surface area is 91.3 Å². The Bertz CT molecular complexity index is 283. The van der Waals surface area contributed by atoms with Crippen LogP contribution in [0, 0.1) is 12.8 Å². The number of aromatic nitrogens is 2. The van der Waals surface area contributed by atoms with Gasteiger partial charge in [0.25, 0.3) is 0 Å². The summed E-state index contributed by atoms with van der Waals surface area (Å²) in [6.07, 6.45) is 1.52. The van der Waals surface area contributed by atoms with Crippen molar-refractivity contribution in [3.63, 3.8) is 0 Å². The zero-order valence-electron chi connectivity index (χ0n) is 9.77. The highest BCUT2D eigenvalue weighted by Crippen LogP contribution is 1.95. The number of nitrogens with zero attached hydrogens (tertiary/aromatic N) is 2. The van der Waals surface area contributed by atoms with Gasteiger partial charge < -0.3 is 10.4 Å². The molecule has 0 saturated heterocycles. The minimum Gasteiger partial charge on any atom is -0.390 e. The minimum absolute atomic E-state index is 0.372. The van der Waals surface area contributed by atoms with E-state index >= 15 is 0 Å². The van der Waals surface area contributed by atoms with Crippen LogP contribution in [0.3, 0.4) is 0 Å². The molecule has 0 aliphatic carbocycles. The fourth-order valence-electron chi connectivity index (χ4n) is 1.38. The summed E-state index contributed by atoms with van der Waals surface area (Å²) in [6.45, 7) is 8.36. The van der Waals surface area contributed by atoms with Crippen molar-refractivity contribution in [3.8, 4) is 0 Å². The second-order valence-corrected chi connectivity index (χ2v) is 4.39. The molecular weight excluding hydrogens is 190 g/mol. The van der Waals surface area contributed by atoms with E-state index in [1.807, 2.05) is 19.2 Å². The van der Waals surface area contributed by atoms with Crippen LogP contribution < -0.4 is 5.32 Å². The van der Waals surface area contributed by atoms with Gasteiger partial charge in [-0.3, -0.25) is 4.68 Å². The average molecular weight is 211 g/mol. The number of aliphatic hydroxyl groups is 1. The van der Waals surface area contributed by atoms with Crippen LogP contribution in [0.1, 0.15) is 19.5 Å². The molecule has 0 amide bonds. The first kappa shape index (κ1) is 12.2. The van der Waals surface area contributed by atoms with Crippen molar-refractivity contribution in [3.05, 3.63) is 18.0 Å². The third-order valence-electron chi connectivity index (χ3n) is 2.10. The lowest BCUT2D eigenvalue weighted by Gasteiger charge is -2.13. The largest absolute Gasteiger partial charge is 0.390 e. The van der Waals surface area contributed by atoms with E-state index in [1.54, 1.807) is 4.68 Å². The van der Waals surface area contributed by atoms with E-state index in [1.165, 1.54) is 0 Å². The van der Waals surface area contributed by atoms with Gasteiger partial charge >= 0.3 is 0 Å². The molecule has 1 aromatic rings. The van der Waals surface area contributed by atoms with Gasteiger partial charge in [0.1, 0.15) is 0 Å². The molecule has 0 aromatic carbocycles. The first-order chi connectivity index (χ1) is 7.08. The van der Waals surface area contributed by atoms with Gasteiger partial charge in [0, 0.05) is 12.7 Å². The van der Waals surface area contributed by atoms with Crippen molar-refractivity contribution in [1.82, 2.24) is 15.1 Å². The molecular formula is C11H21N3O. The third kappa shape index (κ3) is 4.95. The summed E-state index contributed by atoms with van der Waals surface area (Å²) in [7, 11) is 0. The maximum Gasteiger partial charge on any atom is 0.0860 e. The molecule has 15 heavy (non-hydrogen) atoms. The van der Waals surface area contributed by atoms with Crippen LogP contribution >= 0.6 is 0 Å². The van der Waals surface area contributed by atoms with Gasteiger partial charge in [0.15, 0.2) is 0 Å². The molecule has 0 radical (unpaired) electrons. The summed E-state index contributed by atoms with van der Waals surface area (Å²) in [4.78, 5) is 0. The quantitative estimate of drug-likeness (QED) is 0.731. The zero-order chi connectivity index (χ0) is 11.3. The van der Waals surface area contributed by atoms with Crippen LogP contribution in [0.2, 0.25) is 0 Å². The molecule has 86 valence electrons. The van der Waals surface area contributed by atoms with Gasteiger partial charge in [-0.15, -0.1) is 0 Å². The molecule has 0 aliphatic rings. The molecule has 1 rings (SSSR count). The fraction of sp³-hybridized carbons (Fsp3) is 0.727. The van der Waals surface area contributed by atoms with Gasteiger partial charge in [0.05, 0.1) is 18.3 Å². The summed E-state index contributed by atoms with van der Waals surface area (Å²) in [5, 5.41) is 17.1. The van der Waals surface area contributed by atoms with Crippen molar-refractivity contribution >= 4 is 0 Å². The van der Waals surface area contributed by atoms with Crippen LogP contribution in [0.4, 0.5) is 0 Å².